The monoisotopic (exact) mass is 272 g/mol. The van der Waals surface area contributed by atoms with Crippen molar-refractivity contribution in [3.05, 3.63) is 83.4 Å². The van der Waals surface area contributed by atoms with Gasteiger partial charge in [0.1, 0.15) is 0 Å². The summed E-state index contributed by atoms with van der Waals surface area (Å²) in [4.78, 5) is 0. The molecule has 0 saturated heterocycles. The highest BCUT2D eigenvalue weighted by Gasteiger charge is 2.13. The van der Waals surface area contributed by atoms with Crippen molar-refractivity contribution in [2.24, 2.45) is 0 Å². The maximum Gasteiger partial charge on any atom is -0.0119 e. The quantitative estimate of drug-likeness (QED) is 0.541. The third kappa shape index (κ3) is 2.50. The van der Waals surface area contributed by atoms with Crippen LogP contribution in [0.25, 0.3) is 22.3 Å². The highest BCUT2D eigenvalue weighted by molar-refractivity contribution is 5.82. The minimum Gasteiger partial charge on any atom is -0.0622 e. The van der Waals surface area contributed by atoms with Crippen molar-refractivity contribution in [2.75, 3.05) is 0 Å². The summed E-state index contributed by atoms with van der Waals surface area (Å²) in [6.07, 6.45) is 0. The van der Waals surface area contributed by atoms with Crippen molar-refractivity contribution in [3.63, 3.8) is 0 Å². The molecule has 0 atom stereocenters. The van der Waals surface area contributed by atoms with Gasteiger partial charge in [-0.25, -0.2) is 0 Å². The van der Waals surface area contributed by atoms with Gasteiger partial charge >= 0.3 is 0 Å². The van der Waals surface area contributed by atoms with Crippen LogP contribution >= 0.6 is 0 Å². The molecular formula is C21H20. The minimum absolute atomic E-state index is 1.30. The van der Waals surface area contributed by atoms with Crippen molar-refractivity contribution in [2.45, 2.75) is 20.8 Å². The molecule has 3 aromatic carbocycles. The smallest absolute Gasteiger partial charge is 0.0119 e. The summed E-state index contributed by atoms with van der Waals surface area (Å²) in [6.45, 7) is 6.65. The molecule has 0 heteroatoms. The van der Waals surface area contributed by atoms with E-state index < -0.39 is 0 Å². The molecule has 0 aliphatic heterocycles. The second-order valence-corrected chi connectivity index (χ2v) is 5.62. The van der Waals surface area contributed by atoms with Crippen LogP contribution in [0.5, 0.6) is 0 Å². The summed E-state index contributed by atoms with van der Waals surface area (Å²) in [7, 11) is 0. The molecule has 3 aromatic rings. The Labute approximate surface area is 127 Å². The van der Waals surface area contributed by atoms with Gasteiger partial charge in [0.15, 0.2) is 0 Å². The molecule has 21 heavy (non-hydrogen) atoms. The fourth-order valence-corrected chi connectivity index (χ4v) is 3.28. The number of hydrogen-bond donors (Lipinski definition) is 0. The van der Waals surface area contributed by atoms with Crippen LogP contribution in [-0.2, 0) is 0 Å². The molecule has 0 aliphatic carbocycles. The fraction of sp³-hybridized carbons (Fsp3) is 0.143. The van der Waals surface area contributed by atoms with E-state index in [2.05, 4.69) is 87.5 Å². The lowest BCUT2D eigenvalue weighted by atomic mass is 9.86. The third-order valence-electron chi connectivity index (χ3n) is 4.10. The largest absolute Gasteiger partial charge is 0.0622 e. The summed E-state index contributed by atoms with van der Waals surface area (Å²) in [5.41, 5.74) is 9.37. The molecule has 0 spiro atoms. The highest BCUT2D eigenvalue weighted by atomic mass is 14.2. The van der Waals surface area contributed by atoms with Crippen molar-refractivity contribution >= 4 is 0 Å². The number of benzene rings is 3. The van der Waals surface area contributed by atoms with Crippen molar-refractivity contribution in [1.82, 2.24) is 0 Å². The molecule has 3 rings (SSSR count). The molecule has 0 radical (unpaired) electrons. The minimum atomic E-state index is 1.30. The average molecular weight is 272 g/mol. The molecule has 0 nitrogen and oxygen atoms in total. The van der Waals surface area contributed by atoms with E-state index in [0.29, 0.717) is 0 Å². The lowest BCUT2D eigenvalue weighted by molar-refractivity contribution is 1.32. The maximum absolute atomic E-state index is 2.30. The van der Waals surface area contributed by atoms with Crippen LogP contribution in [0, 0.1) is 20.8 Å². The average Bonchev–Trinajstić information content (AvgIpc) is 2.49. The van der Waals surface area contributed by atoms with E-state index in [1.165, 1.54) is 38.9 Å². The van der Waals surface area contributed by atoms with E-state index in [9.17, 15) is 0 Å². The first-order valence-corrected chi connectivity index (χ1v) is 7.40. The van der Waals surface area contributed by atoms with Crippen LogP contribution in [0.2, 0.25) is 0 Å². The van der Waals surface area contributed by atoms with Gasteiger partial charge in [-0.1, -0.05) is 66.7 Å². The molecule has 0 heterocycles. The third-order valence-corrected chi connectivity index (χ3v) is 4.10. The molecule has 0 bridgehead atoms. The van der Waals surface area contributed by atoms with Gasteiger partial charge < -0.3 is 0 Å². The van der Waals surface area contributed by atoms with Crippen molar-refractivity contribution in [3.8, 4) is 22.3 Å². The topological polar surface area (TPSA) is 0 Å². The molecule has 0 aliphatic rings. The predicted molar refractivity (Wildman–Crippen MR) is 91.5 cm³/mol. The van der Waals surface area contributed by atoms with Gasteiger partial charge in [0.25, 0.3) is 0 Å². The van der Waals surface area contributed by atoms with Crippen LogP contribution in [0.4, 0.5) is 0 Å². The van der Waals surface area contributed by atoms with Gasteiger partial charge in [-0.15, -0.1) is 0 Å². The van der Waals surface area contributed by atoms with Crippen LogP contribution in [0.1, 0.15) is 16.7 Å². The van der Waals surface area contributed by atoms with Gasteiger partial charge in [-0.2, -0.15) is 0 Å². The molecule has 0 amide bonds. The van der Waals surface area contributed by atoms with Gasteiger partial charge in [0.2, 0.25) is 0 Å². The Bertz CT molecular complexity index is 689. The second kappa shape index (κ2) is 5.57. The highest BCUT2D eigenvalue weighted by Crippen LogP contribution is 2.36. The number of rotatable bonds is 2. The van der Waals surface area contributed by atoms with Gasteiger partial charge in [-0.3, -0.25) is 0 Å². The summed E-state index contributed by atoms with van der Waals surface area (Å²) >= 11 is 0. The molecule has 0 fully saturated rings. The maximum atomic E-state index is 2.30. The summed E-state index contributed by atoms with van der Waals surface area (Å²) in [5.74, 6) is 0. The Morgan fingerprint density at radius 1 is 0.524 bits per heavy atom. The first kappa shape index (κ1) is 13.6. The molecule has 104 valence electrons. The lowest BCUT2D eigenvalue weighted by Crippen LogP contribution is -1.95. The zero-order valence-corrected chi connectivity index (χ0v) is 12.9. The Morgan fingerprint density at radius 2 is 0.905 bits per heavy atom. The molecule has 0 N–H and O–H groups in total. The van der Waals surface area contributed by atoms with E-state index >= 15 is 0 Å². The Kier molecular flexibility index (Phi) is 3.62. The van der Waals surface area contributed by atoms with Gasteiger partial charge in [0.05, 0.1) is 0 Å². The zero-order valence-electron chi connectivity index (χ0n) is 12.9. The van der Waals surface area contributed by atoms with Gasteiger partial charge in [-0.05, 0) is 59.7 Å². The summed E-state index contributed by atoms with van der Waals surface area (Å²) < 4.78 is 0. The van der Waals surface area contributed by atoms with E-state index in [1.807, 2.05) is 0 Å². The lowest BCUT2D eigenvalue weighted by Gasteiger charge is -2.18. The van der Waals surface area contributed by atoms with Crippen LogP contribution in [0.15, 0.2) is 66.7 Å². The molecule has 0 aromatic heterocycles. The van der Waals surface area contributed by atoms with E-state index in [4.69, 9.17) is 0 Å². The Hall–Kier alpha value is -2.34. The molecular weight excluding hydrogens is 252 g/mol. The summed E-state index contributed by atoms with van der Waals surface area (Å²) in [6, 6.07) is 23.6. The van der Waals surface area contributed by atoms with Crippen LogP contribution < -0.4 is 0 Å². The van der Waals surface area contributed by atoms with Crippen molar-refractivity contribution < 1.29 is 0 Å². The first-order chi connectivity index (χ1) is 10.2. The number of hydrogen-bond acceptors (Lipinski definition) is 0. The summed E-state index contributed by atoms with van der Waals surface area (Å²) in [5, 5.41) is 0. The van der Waals surface area contributed by atoms with Crippen LogP contribution in [0.3, 0.4) is 0 Å². The van der Waals surface area contributed by atoms with Crippen molar-refractivity contribution in [1.29, 1.82) is 0 Å². The molecule has 0 saturated carbocycles. The second-order valence-electron chi connectivity index (χ2n) is 5.62. The van der Waals surface area contributed by atoms with E-state index in [-0.39, 0.29) is 0 Å². The Morgan fingerprint density at radius 3 is 1.29 bits per heavy atom. The fourth-order valence-electron chi connectivity index (χ4n) is 3.28. The SMILES string of the molecule is Cc1cc(C)c(-c2ccccc2)c(C)c1-c1ccccc1. The molecule has 0 unspecified atom stereocenters. The predicted octanol–water partition coefficient (Wildman–Crippen LogP) is 5.95. The first-order valence-electron chi connectivity index (χ1n) is 7.40. The zero-order chi connectivity index (χ0) is 14.8. The standard InChI is InChI=1S/C21H20/c1-15-14-16(2)21(19-12-8-5-9-13-19)17(3)20(15)18-10-6-4-7-11-18/h4-14H,1-3H3. The van der Waals surface area contributed by atoms with E-state index in [1.54, 1.807) is 0 Å². The number of aryl methyl sites for hydroxylation is 2. The normalized spacial score (nSPS) is 10.6. The van der Waals surface area contributed by atoms with Gasteiger partial charge in [0, 0.05) is 0 Å². The van der Waals surface area contributed by atoms with E-state index in [0.717, 1.165) is 0 Å². The van der Waals surface area contributed by atoms with Crippen LogP contribution in [-0.4, -0.2) is 0 Å². The Balaban J connectivity index is 2.29.